The van der Waals surface area contributed by atoms with Crippen molar-refractivity contribution < 1.29 is 4.74 Å². The normalized spacial score (nSPS) is 17.7. The third-order valence-electron chi connectivity index (χ3n) is 3.45. The Balaban J connectivity index is 2.09. The van der Waals surface area contributed by atoms with Crippen molar-refractivity contribution in [3.63, 3.8) is 0 Å². The Labute approximate surface area is 115 Å². The first-order chi connectivity index (χ1) is 9.30. The van der Waals surface area contributed by atoms with E-state index in [1.54, 1.807) is 0 Å². The van der Waals surface area contributed by atoms with Crippen LogP contribution in [-0.4, -0.2) is 19.3 Å². The first-order valence-corrected chi connectivity index (χ1v) is 7.13. The zero-order valence-electron chi connectivity index (χ0n) is 11.6. The van der Waals surface area contributed by atoms with Crippen LogP contribution in [-0.2, 0) is 10.3 Å². The molecule has 102 valence electrons. The molecule has 1 aromatic rings. The summed E-state index contributed by atoms with van der Waals surface area (Å²) >= 11 is 0. The summed E-state index contributed by atoms with van der Waals surface area (Å²) in [5, 5.41) is 13.1. The van der Waals surface area contributed by atoms with Gasteiger partial charge in [0.2, 0.25) is 0 Å². The molecule has 1 aromatic carbocycles. The lowest BCUT2D eigenvalue weighted by molar-refractivity contribution is 0.0856. The zero-order chi connectivity index (χ0) is 13.6. The molecule has 19 heavy (non-hydrogen) atoms. The monoisotopic (exact) mass is 258 g/mol. The average Bonchev–Trinajstić information content (AvgIpc) is 3.27. The highest BCUT2D eigenvalue weighted by Crippen LogP contribution is 2.28. The molecule has 0 spiro atoms. The van der Waals surface area contributed by atoms with Gasteiger partial charge in [-0.1, -0.05) is 43.7 Å². The fourth-order valence-electron chi connectivity index (χ4n) is 2.11. The lowest BCUT2D eigenvalue weighted by atomic mass is 9.92. The Bertz CT molecular complexity index is 422. The number of nitrogens with one attached hydrogen (secondary N) is 1. The zero-order valence-corrected chi connectivity index (χ0v) is 11.6. The van der Waals surface area contributed by atoms with Gasteiger partial charge in [0.05, 0.1) is 12.7 Å². The van der Waals surface area contributed by atoms with Gasteiger partial charge in [-0.2, -0.15) is 5.26 Å². The second-order valence-corrected chi connectivity index (χ2v) is 5.21. The highest BCUT2D eigenvalue weighted by molar-refractivity contribution is 5.32. The first-order valence-electron chi connectivity index (χ1n) is 7.13. The van der Waals surface area contributed by atoms with Crippen LogP contribution in [0.5, 0.6) is 0 Å². The van der Waals surface area contributed by atoms with E-state index in [9.17, 15) is 5.26 Å². The van der Waals surface area contributed by atoms with Crippen molar-refractivity contribution in [2.75, 3.05) is 13.2 Å². The number of hydrogen-bond donors (Lipinski definition) is 1. The number of nitriles is 1. The van der Waals surface area contributed by atoms with Gasteiger partial charge in [0, 0.05) is 12.6 Å². The molecule has 1 atom stereocenters. The fraction of sp³-hybridized carbons (Fsp3) is 0.562. The van der Waals surface area contributed by atoms with Gasteiger partial charge in [-0.05, 0) is 24.8 Å². The van der Waals surface area contributed by atoms with Gasteiger partial charge in [-0.3, -0.25) is 5.32 Å². The van der Waals surface area contributed by atoms with Crippen LogP contribution in [0.15, 0.2) is 30.3 Å². The maximum Gasteiger partial charge on any atom is 0.156 e. The second kappa shape index (κ2) is 6.70. The van der Waals surface area contributed by atoms with E-state index >= 15 is 0 Å². The number of nitrogens with zero attached hydrogens (tertiary/aromatic N) is 1. The van der Waals surface area contributed by atoms with Crippen LogP contribution in [0.25, 0.3) is 0 Å². The molecule has 1 aliphatic carbocycles. The average molecular weight is 258 g/mol. The Morgan fingerprint density at radius 1 is 1.37 bits per heavy atom. The predicted molar refractivity (Wildman–Crippen MR) is 75.6 cm³/mol. The summed E-state index contributed by atoms with van der Waals surface area (Å²) in [5.41, 5.74) is 0.303. The van der Waals surface area contributed by atoms with Crippen molar-refractivity contribution in [1.82, 2.24) is 5.32 Å². The predicted octanol–water partition coefficient (Wildman–Crippen LogP) is 2.97. The number of rotatable bonds is 8. The summed E-state index contributed by atoms with van der Waals surface area (Å²) in [6.45, 7) is 3.28. The van der Waals surface area contributed by atoms with Crippen molar-refractivity contribution >= 4 is 0 Å². The minimum atomic E-state index is -0.698. The third-order valence-corrected chi connectivity index (χ3v) is 3.45. The van der Waals surface area contributed by atoms with E-state index in [2.05, 4.69) is 18.3 Å². The molecule has 0 bridgehead atoms. The summed E-state index contributed by atoms with van der Waals surface area (Å²) in [6.07, 6.45) is 4.47. The summed E-state index contributed by atoms with van der Waals surface area (Å²) in [7, 11) is 0. The summed E-state index contributed by atoms with van der Waals surface area (Å²) in [4.78, 5) is 0. The van der Waals surface area contributed by atoms with Gasteiger partial charge >= 0.3 is 0 Å². The highest BCUT2D eigenvalue weighted by Gasteiger charge is 2.38. The van der Waals surface area contributed by atoms with Crippen LogP contribution < -0.4 is 5.32 Å². The molecule has 0 heterocycles. The lowest BCUT2D eigenvalue weighted by Crippen LogP contribution is -2.46. The van der Waals surface area contributed by atoms with Crippen LogP contribution >= 0.6 is 0 Å². The van der Waals surface area contributed by atoms with Crippen LogP contribution in [0.1, 0.15) is 38.2 Å². The second-order valence-electron chi connectivity index (χ2n) is 5.21. The van der Waals surface area contributed by atoms with Gasteiger partial charge in [0.25, 0.3) is 0 Å². The fourth-order valence-corrected chi connectivity index (χ4v) is 2.11. The summed E-state index contributed by atoms with van der Waals surface area (Å²) < 4.78 is 5.73. The number of hydrogen-bond acceptors (Lipinski definition) is 3. The third kappa shape index (κ3) is 3.79. The van der Waals surface area contributed by atoms with Crippen molar-refractivity contribution in [2.24, 2.45) is 0 Å². The van der Waals surface area contributed by atoms with Gasteiger partial charge in [0.15, 0.2) is 5.54 Å². The first kappa shape index (κ1) is 14.0. The quantitative estimate of drug-likeness (QED) is 0.729. The molecule has 0 aliphatic heterocycles. The van der Waals surface area contributed by atoms with E-state index in [-0.39, 0.29) is 0 Å². The minimum Gasteiger partial charge on any atom is -0.378 e. The van der Waals surface area contributed by atoms with Gasteiger partial charge in [-0.25, -0.2) is 0 Å². The SMILES string of the molecule is CCCCOCC(C#N)(NC1CC1)c1ccccc1. The van der Waals surface area contributed by atoms with E-state index in [1.165, 1.54) is 0 Å². The van der Waals surface area contributed by atoms with Gasteiger partial charge < -0.3 is 4.74 Å². The van der Waals surface area contributed by atoms with Crippen molar-refractivity contribution in [3.05, 3.63) is 35.9 Å². The Morgan fingerprint density at radius 3 is 2.68 bits per heavy atom. The van der Waals surface area contributed by atoms with E-state index < -0.39 is 5.54 Å². The van der Waals surface area contributed by atoms with Crippen molar-refractivity contribution in [3.8, 4) is 6.07 Å². The van der Waals surface area contributed by atoms with E-state index in [0.717, 1.165) is 37.9 Å². The van der Waals surface area contributed by atoms with Crippen LogP contribution in [0.4, 0.5) is 0 Å². The highest BCUT2D eigenvalue weighted by atomic mass is 16.5. The molecule has 0 amide bonds. The smallest absolute Gasteiger partial charge is 0.156 e. The molecule has 0 saturated heterocycles. The molecule has 2 rings (SSSR count). The van der Waals surface area contributed by atoms with Gasteiger partial charge in [0.1, 0.15) is 0 Å². The number of ether oxygens (including phenoxy) is 1. The molecule has 1 unspecified atom stereocenters. The molecule has 3 heteroatoms. The number of benzene rings is 1. The maximum absolute atomic E-state index is 9.67. The van der Waals surface area contributed by atoms with Gasteiger partial charge in [-0.15, -0.1) is 0 Å². The topological polar surface area (TPSA) is 45.0 Å². The molecule has 1 saturated carbocycles. The molecular formula is C16H22N2O. The van der Waals surface area contributed by atoms with Crippen LogP contribution in [0.2, 0.25) is 0 Å². The largest absolute Gasteiger partial charge is 0.378 e. The van der Waals surface area contributed by atoms with Crippen molar-refractivity contribution in [1.29, 1.82) is 5.26 Å². The molecular weight excluding hydrogens is 236 g/mol. The van der Waals surface area contributed by atoms with E-state index in [4.69, 9.17) is 4.74 Å². The van der Waals surface area contributed by atoms with Crippen molar-refractivity contribution in [2.45, 2.75) is 44.2 Å². The number of unbranched alkanes of at least 4 members (excludes halogenated alkanes) is 1. The Morgan fingerprint density at radius 2 is 2.11 bits per heavy atom. The van der Waals surface area contributed by atoms with E-state index in [1.807, 2.05) is 30.3 Å². The van der Waals surface area contributed by atoms with Crippen LogP contribution in [0.3, 0.4) is 0 Å². The Kier molecular flexibility index (Phi) is 4.95. The molecule has 3 nitrogen and oxygen atoms in total. The van der Waals surface area contributed by atoms with Crippen LogP contribution in [0, 0.1) is 11.3 Å². The summed E-state index contributed by atoms with van der Waals surface area (Å²) in [6, 6.07) is 12.8. The molecule has 0 radical (unpaired) electrons. The molecule has 1 fully saturated rings. The molecule has 0 aromatic heterocycles. The molecule has 1 N–H and O–H groups in total. The standard InChI is InChI=1S/C16H22N2O/c1-2-3-11-19-13-16(12-17,18-15-9-10-15)14-7-5-4-6-8-14/h4-8,15,18H,2-3,9-11,13H2,1H3. The minimum absolute atomic E-state index is 0.421. The maximum atomic E-state index is 9.67. The van der Waals surface area contributed by atoms with E-state index in [0.29, 0.717) is 12.6 Å². The Hall–Kier alpha value is -1.37. The summed E-state index contributed by atoms with van der Waals surface area (Å²) in [5.74, 6) is 0. The molecule has 1 aliphatic rings. The lowest BCUT2D eigenvalue weighted by Gasteiger charge is -2.28.